The number of aliphatic hydroxyl groups is 1. The van der Waals surface area contributed by atoms with Crippen LogP contribution >= 0.6 is 0 Å². The molecule has 0 radical (unpaired) electrons. The predicted molar refractivity (Wildman–Crippen MR) is 148 cm³/mol. The van der Waals surface area contributed by atoms with Gasteiger partial charge in [-0.15, -0.1) is 0 Å². The highest BCUT2D eigenvalue weighted by atomic mass is 16.5. The van der Waals surface area contributed by atoms with Gasteiger partial charge in [0, 0.05) is 26.2 Å². The molecule has 2 aliphatic rings. The molecule has 1 N–H and O–H groups in total. The minimum atomic E-state index is -0.759. The lowest BCUT2D eigenvalue weighted by atomic mass is 9.95. The van der Waals surface area contributed by atoms with Gasteiger partial charge in [-0.1, -0.05) is 30.3 Å². The fourth-order valence-corrected chi connectivity index (χ4v) is 5.00. The molecule has 1 fully saturated rings. The largest absolute Gasteiger partial charge is 0.503 e. The van der Waals surface area contributed by atoms with Crippen LogP contribution < -0.4 is 9.47 Å². The number of morpholine rings is 1. The third-order valence-electron chi connectivity index (χ3n) is 7.17. The Hall–Kier alpha value is -4.08. The maximum absolute atomic E-state index is 13.5. The third-order valence-corrected chi connectivity index (χ3v) is 7.17. The molecule has 1 aromatic heterocycles. The summed E-state index contributed by atoms with van der Waals surface area (Å²) in [6.45, 7) is 8.22. The SMILES string of the molecule is Cc1ccc(C(=O)C2=C(O)C(=O)N(CCN3CCOCC3)[C@@H]2c2ccc(OCCOc3ccccc3C)cc2)o1. The van der Waals surface area contributed by atoms with Crippen LogP contribution in [0.4, 0.5) is 0 Å². The quantitative estimate of drug-likeness (QED) is 0.281. The van der Waals surface area contributed by atoms with E-state index in [1.165, 1.54) is 0 Å². The van der Waals surface area contributed by atoms with Gasteiger partial charge in [0.05, 0.1) is 24.8 Å². The number of aryl methyl sites for hydroxylation is 2. The van der Waals surface area contributed by atoms with Crippen molar-refractivity contribution in [2.45, 2.75) is 19.9 Å². The molecule has 3 aromatic rings. The number of Topliss-reactive ketones (excluding diaryl/α,β-unsaturated/α-hetero) is 1. The number of hydrogen-bond acceptors (Lipinski definition) is 8. The summed E-state index contributed by atoms with van der Waals surface area (Å²) in [5.74, 6) is 0.482. The van der Waals surface area contributed by atoms with Gasteiger partial charge in [-0.05, 0) is 55.3 Å². The molecule has 5 rings (SSSR count). The monoisotopic (exact) mass is 546 g/mol. The fraction of sp³-hybridized carbons (Fsp3) is 0.355. The molecule has 2 aliphatic heterocycles. The Kier molecular flexibility index (Phi) is 8.52. The summed E-state index contributed by atoms with van der Waals surface area (Å²) in [6, 6.07) is 17.5. The minimum Gasteiger partial charge on any atom is -0.503 e. The molecule has 9 heteroatoms. The van der Waals surface area contributed by atoms with Crippen LogP contribution in [-0.4, -0.2) is 79.2 Å². The molecule has 40 heavy (non-hydrogen) atoms. The van der Waals surface area contributed by atoms with Crippen molar-refractivity contribution in [3.63, 3.8) is 0 Å². The average Bonchev–Trinajstić information content (AvgIpc) is 3.52. The van der Waals surface area contributed by atoms with E-state index in [1.807, 2.05) is 43.3 Å². The molecule has 1 atom stereocenters. The van der Waals surface area contributed by atoms with E-state index in [1.54, 1.807) is 36.1 Å². The lowest BCUT2D eigenvalue weighted by Crippen LogP contribution is -2.43. The van der Waals surface area contributed by atoms with Crippen molar-refractivity contribution in [1.82, 2.24) is 9.80 Å². The average molecular weight is 547 g/mol. The van der Waals surface area contributed by atoms with Crippen molar-refractivity contribution in [3.8, 4) is 11.5 Å². The van der Waals surface area contributed by atoms with E-state index in [9.17, 15) is 14.7 Å². The van der Waals surface area contributed by atoms with Gasteiger partial charge in [0.15, 0.2) is 11.5 Å². The summed E-state index contributed by atoms with van der Waals surface area (Å²) in [5, 5.41) is 10.9. The molecule has 1 amide bonds. The van der Waals surface area contributed by atoms with Crippen LogP contribution in [-0.2, 0) is 9.53 Å². The molecule has 0 saturated carbocycles. The van der Waals surface area contributed by atoms with Gasteiger partial charge in [0.2, 0.25) is 5.78 Å². The number of carbonyl (C=O) groups is 2. The number of carbonyl (C=O) groups excluding carboxylic acids is 2. The Balaban J connectivity index is 1.32. The first kappa shape index (κ1) is 27.5. The first-order valence-electron chi connectivity index (χ1n) is 13.5. The van der Waals surface area contributed by atoms with Crippen molar-refractivity contribution in [2.24, 2.45) is 0 Å². The van der Waals surface area contributed by atoms with Crippen molar-refractivity contribution in [2.75, 3.05) is 52.6 Å². The maximum Gasteiger partial charge on any atom is 0.290 e. The van der Waals surface area contributed by atoms with Crippen LogP contribution in [0.5, 0.6) is 11.5 Å². The third kappa shape index (κ3) is 6.05. The molecule has 3 heterocycles. The first-order valence-corrected chi connectivity index (χ1v) is 13.5. The number of furan rings is 1. The van der Waals surface area contributed by atoms with Gasteiger partial charge in [-0.3, -0.25) is 14.5 Å². The number of hydrogen-bond donors (Lipinski definition) is 1. The minimum absolute atomic E-state index is 0.0154. The fourth-order valence-electron chi connectivity index (χ4n) is 5.00. The standard InChI is InChI=1S/C31H34N2O7/c1-21-5-3-4-6-25(21)39-20-19-38-24-10-8-23(9-11-24)28-27(29(34)26-12-7-22(2)40-26)30(35)31(36)33(28)14-13-32-15-17-37-18-16-32/h3-12,28,35H,13-20H2,1-2H3/t28-/m1/s1. The number of nitrogens with zero attached hydrogens (tertiary/aromatic N) is 2. The lowest BCUT2D eigenvalue weighted by Gasteiger charge is -2.31. The second-order valence-electron chi connectivity index (χ2n) is 9.89. The highest BCUT2D eigenvalue weighted by Crippen LogP contribution is 2.39. The summed E-state index contributed by atoms with van der Waals surface area (Å²) < 4.78 is 22.6. The second-order valence-corrected chi connectivity index (χ2v) is 9.89. The van der Waals surface area contributed by atoms with E-state index >= 15 is 0 Å². The molecule has 9 nitrogen and oxygen atoms in total. The van der Waals surface area contributed by atoms with E-state index < -0.39 is 23.5 Å². The van der Waals surface area contributed by atoms with Gasteiger partial charge in [-0.2, -0.15) is 0 Å². The highest BCUT2D eigenvalue weighted by molar-refractivity contribution is 6.15. The van der Waals surface area contributed by atoms with E-state index in [-0.39, 0.29) is 11.3 Å². The number of benzene rings is 2. The zero-order chi connectivity index (χ0) is 28.1. The zero-order valence-corrected chi connectivity index (χ0v) is 22.8. The Morgan fingerprint density at radius 1 is 0.950 bits per heavy atom. The van der Waals surface area contributed by atoms with Crippen molar-refractivity contribution in [1.29, 1.82) is 0 Å². The van der Waals surface area contributed by atoms with Gasteiger partial charge in [0.1, 0.15) is 30.5 Å². The van der Waals surface area contributed by atoms with Gasteiger partial charge in [0.25, 0.3) is 5.91 Å². The van der Waals surface area contributed by atoms with Crippen molar-refractivity contribution < 1.29 is 33.3 Å². The molecular formula is C31H34N2O7. The summed E-state index contributed by atoms with van der Waals surface area (Å²) >= 11 is 0. The molecule has 0 aliphatic carbocycles. The maximum atomic E-state index is 13.5. The molecular weight excluding hydrogens is 512 g/mol. The first-order chi connectivity index (χ1) is 19.4. The molecule has 0 unspecified atom stereocenters. The highest BCUT2D eigenvalue weighted by Gasteiger charge is 2.44. The van der Waals surface area contributed by atoms with E-state index in [2.05, 4.69) is 4.90 Å². The van der Waals surface area contributed by atoms with Crippen molar-refractivity contribution >= 4 is 11.7 Å². The van der Waals surface area contributed by atoms with Crippen LogP contribution in [0.2, 0.25) is 0 Å². The van der Waals surface area contributed by atoms with Gasteiger partial charge in [-0.25, -0.2) is 0 Å². The number of rotatable bonds is 11. The topological polar surface area (TPSA) is 102 Å². The molecule has 210 valence electrons. The van der Waals surface area contributed by atoms with Gasteiger partial charge >= 0.3 is 0 Å². The van der Waals surface area contributed by atoms with E-state index in [0.717, 1.165) is 24.4 Å². The number of ether oxygens (including phenoxy) is 3. The Morgan fingerprint density at radius 2 is 1.68 bits per heavy atom. The normalized spacial score (nSPS) is 17.9. The predicted octanol–water partition coefficient (Wildman–Crippen LogP) is 4.26. The number of ketones is 1. The summed E-state index contributed by atoms with van der Waals surface area (Å²) in [4.78, 5) is 30.5. The Labute approximate surface area is 233 Å². The second kappa shape index (κ2) is 12.4. The zero-order valence-electron chi connectivity index (χ0n) is 22.8. The lowest BCUT2D eigenvalue weighted by molar-refractivity contribution is -0.129. The van der Waals surface area contributed by atoms with Crippen LogP contribution in [0.15, 0.2) is 76.4 Å². The number of amides is 1. The molecule has 0 bridgehead atoms. The summed E-state index contributed by atoms with van der Waals surface area (Å²) in [6.07, 6.45) is 0. The Morgan fingerprint density at radius 3 is 2.38 bits per heavy atom. The molecule has 0 spiro atoms. The number of para-hydroxylation sites is 1. The van der Waals surface area contributed by atoms with Crippen LogP contribution in [0, 0.1) is 13.8 Å². The summed E-state index contributed by atoms with van der Waals surface area (Å²) in [5.41, 5.74) is 1.76. The molecule has 1 saturated heterocycles. The summed E-state index contributed by atoms with van der Waals surface area (Å²) in [7, 11) is 0. The number of aliphatic hydroxyl groups excluding tert-OH is 1. The Bertz CT molecular complexity index is 1370. The van der Waals surface area contributed by atoms with Crippen LogP contribution in [0.25, 0.3) is 0 Å². The van der Waals surface area contributed by atoms with Crippen molar-refractivity contribution in [3.05, 3.63) is 94.6 Å². The van der Waals surface area contributed by atoms with Crippen LogP contribution in [0.3, 0.4) is 0 Å². The van der Waals surface area contributed by atoms with Crippen LogP contribution in [0.1, 0.15) is 33.5 Å². The van der Waals surface area contributed by atoms with E-state index in [4.69, 9.17) is 18.6 Å². The smallest absolute Gasteiger partial charge is 0.290 e. The van der Waals surface area contributed by atoms with Gasteiger partial charge < -0.3 is 28.6 Å². The molecule has 2 aromatic carbocycles. The van der Waals surface area contributed by atoms with E-state index in [0.29, 0.717) is 56.6 Å².